The van der Waals surface area contributed by atoms with E-state index in [1.54, 1.807) is 11.8 Å². The molecule has 2 aromatic heterocycles. The maximum absolute atomic E-state index is 13.7. The normalized spacial score (nSPS) is 13.9. The van der Waals surface area contributed by atoms with Gasteiger partial charge in [0, 0.05) is 26.1 Å². The van der Waals surface area contributed by atoms with E-state index in [-0.39, 0.29) is 54.2 Å². The molecule has 3 heterocycles. The minimum atomic E-state index is -0.364. The number of nitrogen functional groups attached to an aromatic ring is 1. The van der Waals surface area contributed by atoms with E-state index in [9.17, 15) is 19.2 Å². The first kappa shape index (κ1) is 35.4. The van der Waals surface area contributed by atoms with Gasteiger partial charge in [0.25, 0.3) is 0 Å². The van der Waals surface area contributed by atoms with Gasteiger partial charge in [-0.25, -0.2) is 4.79 Å². The molecule has 4 rings (SSSR count). The lowest BCUT2D eigenvalue weighted by atomic mass is 9.93. The van der Waals surface area contributed by atoms with Crippen molar-refractivity contribution in [3.8, 4) is 6.01 Å². The molecular formula is C33H47N7O7. The Morgan fingerprint density at radius 1 is 1.04 bits per heavy atom. The van der Waals surface area contributed by atoms with Gasteiger partial charge in [-0.1, -0.05) is 37.6 Å². The number of nitrogens with one attached hydrogen (secondary N) is 1. The van der Waals surface area contributed by atoms with Crippen LogP contribution in [0.3, 0.4) is 0 Å². The highest BCUT2D eigenvalue weighted by atomic mass is 16.5. The molecule has 14 heteroatoms. The van der Waals surface area contributed by atoms with Gasteiger partial charge in [-0.05, 0) is 62.7 Å². The van der Waals surface area contributed by atoms with Gasteiger partial charge < -0.3 is 29.8 Å². The van der Waals surface area contributed by atoms with Gasteiger partial charge >= 0.3 is 23.6 Å². The zero-order valence-corrected chi connectivity index (χ0v) is 27.7. The zero-order valence-electron chi connectivity index (χ0n) is 27.7. The maximum Gasteiger partial charge on any atom is 0.327 e. The molecule has 256 valence electrons. The topological polar surface area (TPSA) is 175 Å². The van der Waals surface area contributed by atoms with Gasteiger partial charge in [0.1, 0.15) is 5.52 Å². The average molecular weight is 654 g/mol. The van der Waals surface area contributed by atoms with Gasteiger partial charge in [-0.15, -0.1) is 0 Å². The molecule has 0 bridgehead atoms. The summed E-state index contributed by atoms with van der Waals surface area (Å²) in [5, 5.41) is 0. The number of hydrogen-bond donors (Lipinski definition) is 2. The molecule has 1 amide bonds. The molecule has 0 aliphatic carbocycles. The van der Waals surface area contributed by atoms with Crippen LogP contribution < -0.4 is 16.2 Å². The first-order chi connectivity index (χ1) is 22.7. The van der Waals surface area contributed by atoms with Crippen molar-refractivity contribution in [1.82, 2.24) is 29.3 Å². The Kier molecular flexibility index (Phi) is 13.1. The molecule has 0 unspecified atom stereocenters. The van der Waals surface area contributed by atoms with Crippen LogP contribution in [0, 0.1) is 5.92 Å². The van der Waals surface area contributed by atoms with Crippen molar-refractivity contribution in [3.63, 3.8) is 0 Å². The van der Waals surface area contributed by atoms with Crippen molar-refractivity contribution < 1.29 is 28.6 Å². The number of fused-ring (bicyclic) bond motifs is 1. The zero-order chi connectivity index (χ0) is 33.8. The minimum absolute atomic E-state index is 0.0306. The number of nitrogens with two attached hydrogens (primary N) is 1. The summed E-state index contributed by atoms with van der Waals surface area (Å²) < 4.78 is 17.0. The average Bonchev–Trinajstić information content (AvgIpc) is 3.37. The summed E-state index contributed by atoms with van der Waals surface area (Å²) in [6.45, 7) is 7.42. The Bertz CT molecular complexity index is 1550. The number of carbonyl (C=O) groups is 3. The maximum atomic E-state index is 13.7. The number of aryl methyl sites for hydroxylation is 1. The van der Waals surface area contributed by atoms with E-state index < -0.39 is 0 Å². The first-order valence-electron chi connectivity index (χ1n) is 16.4. The third kappa shape index (κ3) is 10.3. The third-order valence-corrected chi connectivity index (χ3v) is 8.32. The molecule has 1 aromatic carbocycles. The molecule has 1 aliphatic heterocycles. The van der Waals surface area contributed by atoms with E-state index in [0.29, 0.717) is 56.9 Å². The van der Waals surface area contributed by atoms with E-state index in [1.165, 1.54) is 11.7 Å². The highest BCUT2D eigenvalue weighted by Gasteiger charge is 2.25. The van der Waals surface area contributed by atoms with Gasteiger partial charge in [0.05, 0.1) is 33.3 Å². The second kappa shape index (κ2) is 17.5. The van der Waals surface area contributed by atoms with Crippen molar-refractivity contribution in [2.45, 2.75) is 71.9 Å². The molecule has 14 nitrogen and oxygen atoms in total. The number of amides is 1. The quantitative estimate of drug-likeness (QED) is 0.162. The molecule has 1 aliphatic rings. The molecule has 0 spiro atoms. The summed E-state index contributed by atoms with van der Waals surface area (Å²) in [5.41, 5.74) is 8.19. The second-order valence-electron chi connectivity index (χ2n) is 11.8. The molecule has 1 fully saturated rings. The number of aromatic amines is 1. The van der Waals surface area contributed by atoms with Crippen molar-refractivity contribution in [3.05, 3.63) is 45.9 Å². The van der Waals surface area contributed by atoms with Crippen LogP contribution >= 0.6 is 0 Å². The van der Waals surface area contributed by atoms with E-state index >= 15 is 0 Å². The summed E-state index contributed by atoms with van der Waals surface area (Å²) in [6, 6.07) is 7.65. The summed E-state index contributed by atoms with van der Waals surface area (Å²) in [7, 11) is 1.36. The number of esters is 2. The fourth-order valence-electron chi connectivity index (χ4n) is 5.64. The summed E-state index contributed by atoms with van der Waals surface area (Å²) in [4.78, 5) is 65.5. The number of H-pyrrole nitrogens is 1. The lowest BCUT2D eigenvalue weighted by Gasteiger charge is -2.33. The van der Waals surface area contributed by atoms with Gasteiger partial charge in [0.15, 0.2) is 11.5 Å². The van der Waals surface area contributed by atoms with Crippen LogP contribution in [0.2, 0.25) is 0 Å². The third-order valence-electron chi connectivity index (χ3n) is 8.32. The minimum Gasteiger partial charge on any atom is -0.469 e. The Balaban J connectivity index is 1.44. The highest BCUT2D eigenvalue weighted by Crippen LogP contribution is 2.22. The number of unbranched alkanes of at least 4 members (excludes halogenated alkanes) is 1. The van der Waals surface area contributed by atoms with E-state index in [0.717, 1.165) is 49.9 Å². The fourth-order valence-corrected chi connectivity index (χ4v) is 5.64. The Labute approximate surface area is 274 Å². The van der Waals surface area contributed by atoms with E-state index in [4.69, 9.17) is 19.9 Å². The highest BCUT2D eigenvalue weighted by molar-refractivity contribution is 5.82. The summed E-state index contributed by atoms with van der Waals surface area (Å²) in [5.74, 6) is -0.132. The monoisotopic (exact) mass is 653 g/mol. The molecule has 1 saturated heterocycles. The smallest absolute Gasteiger partial charge is 0.327 e. The lowest BCUT2D eigenvalue weighted by molar-refractivity contribution is -0.145. The van der Waals surface area contributed by atoms with E-state index in [2.05, 4.69) is 26.8 Å². The predicted molar refractivity (Wildman–Crippen MR) is 176 cm³/mol. The molecule has 3 aromatic rings. The number of benzene rings is 1. The SMILES string of the molecule is CCCCOc1nc(N)c2[nH]c(=O)n(CCCN(Cc3ccc(CC(=O)OC)cc3)C(=O)CN3CCC(CC(=O)OCC)CC3)c2n1. The van der Waals surface area contributed by atoms with Crippen molar-refractivity contribution in [1.29, 1.82) is 0 Å². The largest absolute Gasteiger partial charge is 0.469 e. The van der Waals surface area contributed by atoms with Gasteiger partial charge in [-0.2, -0.15) is 9.97 Å². The molecule has 0 atom stereocenters. The van der Waals surface area contributed by atoms with Crippen molar-refractivity contribution in [2.24, 2.45) is 5.92 Å². The van der Waals surface area contributed by atoms with E-state index in [1.807, 2.05) is 24.3 Å². The second-order valence-corrected chi connectivity index (χ2v) is 11.8. The number of ether oxygens (including phenoxy) is 3. The first-order valence-corrected chi connectivity index (χ1v) is 16.4. The number of methoxy groups -OCH3 is 1. The van der Waals surface area contributed by atoms with Crippen LogP contribution in [0.25, 0.3) is 11.2 Å². The Morgan fingerprint density at radius 2 is 1.77 bits per heavy atom. The van der Waals surface area contributed by atoms with Gasteiger partial charge in [-0.3, -0.25) is 23.9 Å². The van der Waals surface area contributed by atoms with Crippen molar-refractivity contribution >= 4 is 34.8 Å². The molecule has 47 heavy (non-hydrogen) atoms. The van der Waals surface area contributed by atoms with Crippen LogP contribution in [0.4, 0.5) is 5.82 Å². The van der Waals surface area contributed by atoms with Crippen molar-refractivity contribution in [2.75, 3.05) is 52.2 Å². The number of likely N-dealkylation sites (tertiary alicyclic amines) is 1. The standard InChI is InChI=1S/C33H47N7O7/c1-4-6-18-47-32-36-30(34)29-31(37-32)40(33(44)35-29)15-7-14-39(21-25-10-8-23(9-11-25)19-27(42)45-3)26(41)22-38-16-12-24(13-17-38)20-28(43)46-5-2/h8-11,24H,4-7,12-22H2,1-3H3,(H,35,44)(H2,34,36,37). The summed E-state index contributed by atoms with van der Waals surface area (Å²) in [6.07, 6.45) is 4.50. The molecular weight excluding hydrogens is 606 g/mol. The molecule has 0 radical (unpaired) electrons. The van der Waals surface area contributed by atoms with Crippen LogP contribution in [0.1, 0.15) is 63.5 Å². The number of carbonyl (C=O) groups excluding carboxylic acids is 3. The lowest BCUT2D eigenvalue weighted by Crippen LogP contribution is -2.44. The molecule has 0 saturated carbocycles. The Hall–Kier alpha value is -4.46. The molecule has 3 N–H and O–H groups in total. The van der Waals surface area contributed by atoms with Crippen LogP contribution in [-0.2, 0) is 43.4 Å². The van der Waals surface area contributed by atoms with Crippen LogP contribution in [0.5, 0.6) is 6.01 Å². The number of piperidine rings is 1. The number of rotatable bonds is 17. The number of nitrogens with zero attached hydrogens (tertiary/aromatic N) is 5. The van der Waals surface area contributed by atoms with Crippen LogP contribution in [-0.4, -0.2) is 93.7 Å². The summed E-state index contributed by atoms with van der Waals surface area (Å²) >= 11 is 0. The number of imidazole rings is 1. The van der Waals surface area contributed by atoms with Gasteiger partial charge in [0.2, 0.25) is 5.91 Å². The number of aromatic nitrogens is 4. The predicted octanol–water partition coefficient (Wildman–Crippen LogP) is 2.68. The Morgan fingerprint density at radius 3 is 2.45 bits per heavy atom. The van der Waals surface area contributed by atoms with Crippen LogP contribution in [0.15, 0.2) is 29.1 Å². The number of anilines is 1. The number of hydrogen-bond acceptors (Lipinski definition) is 11. The fraction of sp³-hybridized carbons (Fsp3) is 0.576.